The Kier molecular flexibility index (Phi) is 39.6. The molecule has 1 saturated heterocycles. The maximum absolute atomic E-state index is 14.6. The quantitative estimate of drug-likeness (QED) is 0.0333. The molecule has 6 atom stereocenters. The molecule has 2 aromatic carbocycles. The summed E-state index contributed by atoms with van der Waals surface area (Å²) < 4.78 is 0.443. The van der Waals surface area contributed by atoms with Crippen molar-refractivity contribution in [2.75, 3.05) is 78.5 Å². The first-order valence-electron chi connectivity index (χ1n) is 32.9. The van der Waals surface area contributed by atoms with E-state index in [9.17, 15) is 108 Å². The molecule has 1 heterocycles. The Morgan fingerprint density at radius 1 is 0.439 bits per heavy atom. The molecule has 0 spiro atoms. The van der Waals surface area contributed by atoms with Crippen molar-refractivity contribution >= 4 is 106 Å². The van der Waals surface area contributed by atoms with Crippen molar-refractivity contribution < 1.29 is 113 Å². The van der Waals surface area contributed by atoms with Crippen molar-refractivity contribution in [3.63, 3.8) is 0 Å². The highest BCUT2D eigenvalue weighted by Gasteiger charge is 2.34. The van der Waals surface area contributed by atoms with E-state index >= 15 is 0 Å². The van der Waals surface area contributed by atoms with Gasteiger partial charge in [0.05, 0.1) is 35.2 Å². The second-order valence-electron chi connectivity index (χ2n) is 24.6. The van der Waals surface area contributed by atoms with Crippen LogP contribution in [0.25, 0.3) is 0 Å². The van der Waals surface area contributed by atoms with E-state index in [0.29, 0.717) is 78.9 Å². The van der Waals surface area contributed by atoms with Crippen LogP contribution in [0.1, 0.15) is 140 Å². The van der Waals surface area contributed by atoms with E-state index in [0.717, 1.165) is 0 Å². The summed E-state index contributed by atoms with van der Waals surface area (Å²) in [6.07, 6.45) is 2.87. The number of benzene rings is 2. The molecule has 0 saturated carbocycles. The predicted octanol–water partition coefficient (Wildman–Crippen LogP) is 3.43. The summed E-state index contributed by atoms with van der Waals surface area (Å²) in [7, 11) is 0. The van der Waals surface area contributed by atoms with Crippen molar-refractivity contribution in [1.82, 2.24) is 40.9 Å². The highest BCUT2D eigenvalue weighted by Crippen LogP contribution is 2.25. The zero-order valence-electron chi connectivity index (χ0n) is 55.0. The number of unbranched alkanes of at least 4 members (excludes halogenated alkanes) is 6. The van der Waals surface area contributed by atoms with Gasteiger partial charge in [-0.1, -0.05) is 62.1 Å². The lowest BCUT2D eigenvalue weighted by Crippen LogP contribution is -2.52. The average Bonchev–Trinajstić information content (AvgIpc) is 0.862. The summed E-state index contributed by atoms with van der Waals surface area (Å²) in [6.45, 7) is -0.651. The number of nitrogens with zero attached hydrogens (tertiary/aromatic N) is 4. The lowest BCUT2D eigenvalue weighted by Gasteiger charge is -2.35. The molecule has 0 radical (unpaired) electrons. The fourth-order valence-corrected chi connectivity index (χ4v) is 11.8. The number of rotatable bonds is 48. The summed E-state index contributed by atoms with van der Waals surface area (Å²) >= 11 is 1.90. The smallest absolute Gasteiger partial charge is 0.326 e. The van der Waals surface area contributed by atoms with Crippen LogP contribution in [0.4, 0.5) is 4.79 Å². The highest BCUT2D eigenvalue weighted by molar-refractivity contribution is 14.1. The minimum Gasteiger partial charge on any atom is -0.507 e. The van der Waals surface area contributed by atoms with E-state index in [2.05, 4.69) is 21.3 Å². The van der Waals surface area contributed by atoms with Crippen LogP contribution in [0.3, 0.4) is 0 Å². The number of hydrogen-bond acceptors (Lipinski definition) is 19. The number of carbonyl (C=O) groups is 14. The predicted molar refractivity (Wildman–Crippen MR) is 359 cm³/mol. The molecule has 32 heteroatoms. The Balaban J connectivity index is 1.58. The SMILES string of the molecule is O=C(O)CC[C@H](NC(=O)N[C@@H](CCCCNC(=O)CCCCCCC(=O)CCCCC[C@@H](CC(=O)[C@@H](Cc1ccccc1)NC(=O)[C@H](CC(=O)CCC(C(=O)O)N1CCN(CC(=O)O)CCN(CC(=O)O)CCN(CC(=O)O)CC1)Cc1ccc(O)c(I)c1)C(=O)O)C(=O)O)C(=O)O. The Labute approximate surface area is 581 Å². The molecule has 1 aliphatic rings. The molecule has 98 heavy (non-hydrogen) atoms. The van der Waals surface area contributed by atoms with Gasteiger partial charge in [-0.25, -0.2) is 14.4 Å². The van der Waals surface area contributed by atoms with E-state index in [-0.39, 0.29) is 134 Å². The topological polar surface area (TPSA) is 482 Å². The van der Waals surface area contributed by atoms with Gasteiger partial charge >= 0.3 is 53.8 Å². The second kappa shape index (κ2) is 46.1. The zero-order valence-corrected chi connectivity index (χ0v) is 57.2. The van der Waals surface area contributed by atoms with Gasteiger partial charge in [0.2, 0.25) is 11.8 Å². The number of nitrogens with one attached hydrogen (secondary N) is 4. The first kappa shape index (κ1) is 84.0. The molecule has 0 aromatic heterocycles. The van der Waals surface area contributed by atoms with Crippen molar-refractivity contribution in [2.24, 2.45) is 11.8 Å². The molecule has 0 aliphatic carbocycles. The van der Waals surface area contributed by atoms with Gasteiger partial charge in [-0.15, -0.1) is 0 Å². The van der Waals surface area contributed by atoms with Gasteiger partial charge in [-0.2, -0.15) is 0 Å². The summed E-state index contributed by atoms with van der Waals surface area (Å²) in [5.41, 5.74) is 1.18. The van der Waals surface area contributed by atoms with Crippen LogP contribution in [0.2, 0.25) is 0 Å². The molecule has 544 valence electrons. The number of carboxylic acids is 8. The molecule has 31 nitrogen and oxygen atoms in total. The van der Waals surface area contributed by atoms with Crippen molar-refractivity contribution in [2.45, 2.75) is 165 Å². The summed E-state index contributed by atoms with van der Waals surface area (Å²) in [4.78, 5) is 182. The van der Waals surface area contributed by atoms with Crippen LogP contribution in [0.5, 0.6) is 5.75 Å². The van der Waals surface area contributed by atoms with E-state index in [1.165, 1.54) is 20.8 Å². The van der Waals surface area contributed by atoms with E-state index < -0.39 is 146 Å². The summed E-state index contributed by atoms with van der Waals surface area (Å²) in [5, 5.41) is 97.5. The lowest BCUT2D eigenvalue weighted by molar-refractivity contribution is -0.145. The monoisotopic (exact) mass is 1490 g/mol. The third-order valence-electron chi connectivity index (χ3n) is 16.7. The number of aliphatic carboxylic acids is 8. The highest BCUT2D eigenvalue weighted by atomic mass is 127. The third kappa shape index (κ3) is 35.9. The number of halogens is 1. The van der Waals surface area contributed by atoms with Crippen LogP contribution < -0.4 is 21.3 Å². The normalized spacial score (nSPS) is 15.4. The van der Waals surface area contributed by atoms with E-state index in [1.54, 1.807) is 47.4 Å². The number of hydrogen-bond donors (Lipinski definition) is 13. The number of urea groups is 1. The van der Waals surface area contributed by atoms with Crippen LogP contribution in [-0.2, 0) is 75.2 Å². The van der Waals surface area contributed by atoms with Gasteiger partial charge in [-0.05, 0) is 116 Å². The summed E-state index contributed by atoms with van der Waals surface area (Å²) in [6, 6.07) is 6.71. The number of carbonyl (C=O) groups excluding carboxylic acids is 6. The third-order valence-corrected chi connectivity index (χ3v) is 17.6. The van der Waals surface area contributed by atoms with Crippen molar-refractivity contribution in [3.8, 4) is 5.75 Å². The fourth-order valence-electron chi connectivity index (χ4n) is 11.3. The van der Waals surface area contributed by atoms with Gasteiger partial charge in [0, 0.05) is 110 Å². The van der Waals surface area contributed by atoms with Crippen molar-refractivity contribution in [3.05, 3.63) is 63.2 Å². The molecule has 0 bridgehead atoms. The van der Waals surface area contributed by atoms with Gasteiger partial charge in [0.25, 0.3) is 0 Å². The molecular formula is C66H95IN8O23. The lowest BCUT2D eigenvalue weighted by atomic mass is 9.89. The minimum absolute atomic E-state index is 0.0180. The second-order valence-corrected chi connectivity index (χ2v) is 25.7. The van der Waals surface area contributed by atoms with Gasteiger partial charge < -0.3 is 67.2 Å². The van der Waals surface area contributed by atoms with Crippen molar-refractivity contribution in [1.29, 1.82) is 0 Å². The molecule has 1 aliphatic heterocycles. The number of amides is 4. The molecule has 3 rings (SSSR count). The number of Topliss-reactive ketones (excluding diaryl/α,β-unsaturated/α-hetero) is 3. The Morgan fingerprint density at radius 2 is 0.959 bits per heavy atom. The molecule has 1 fully saturated rings. The maximum atomic E-state index is 14.6. The molecule has 1 unspecified atom stereocenters. The molecular weight excluding hydrogens is 1400 g/mol. The Bertz CT molecular complexity index is 2960. The number of phenolic OH excluding ortho intramolecular Hbond substituents is 1. The van der Waals surface area contributed by atoms with Gasteiger partial charge in [0.15, 0.2) is 5.78 Å². The Hall–Kier alpha value is -8.21. The maximum Gasteiger partial charge on any atom is 0.326 e. The van der Waals surface area contributed by atoms with Crippen LogP contribution in [0.15, 0.2) is 48.5 Å². The van der Waals surface area contributed by atoms with Crippen LogP contribution >= 0.6 is 22.6 Å². The average molecular weight is 1500 g/mol. The number of ketones is 3. The van der Waals surface area contributed by atoms with Crippen LogP contribution in [0, 0.1) is 15.4 Å². The molecule has 13 N–H and O–H groups in total. The Morgan fingerprint density at radius 3 is 1.47 bits per heavy atom. The van der Waals surface area contributed by atoms with E-state index in [1.807, 2.05) is 22.6 Å². The number of phenols is 1. The fraction of sp³-hybridized carbons (Fsp3) is 0.606. The van der Waals surface area contributed by atoms with E-state index in [4.69, 9.17) is 5.11 Å². The van der Waals surface area contributed by atoms with Gasteiger partial charge in [0.1, 0.15) is 35.4 Å². The summed E-state index contributed by atoms with van der Waals surface area (Å²) in [5.74, 6) is -14.5. The molecule has 4 amide bonds. The first-order chi connectivity index (χ1) is 46.5. The molecule has 2 aromatic rings. The zero-order chi connectivity index (χ0) is 72.7. The van der Waals surface area contributed by atoms with Gasteiger partial charge in [-0.3, -0.25) is 72.3 Å². The largest absolute Gasteiger partial charge is 0.507 e. The standard InChI is InChI=1S/C66H95IN8O23/c67-49-36-44(20-24-54(49)78)35-46(38-48(77)21-23-53(65(96)97)75-33-31-73(41-59(85)86)29-27-72(40-58(83)84)28-30-74(32-34-75)42-60(87)88)61(89)69-52(37-43-13-5-3-6-14-43)55(79)39-45(62(90)91)15-7-4-9-17-47(76)16-8-1-2-10-19-56(80)68-26-12-11-18-50(63(92)93)70-66(98)71-51(64(94)95)22-25-57(81)82/h3,5-6,13-14,20,24,36,45-46,50-53,78H,1-2,4,7-12,15-19,21-23,25-35,37-42H2,(H,68,80)(H,69,89)(H,81,82)(H,83,84)(H,85,86)(H,87,88)(H,90,91)(H,92,93)(H,94,95)(H,96,97)(H2,70,71,98)/t45-,46-,50-,51-,52+,53?/m0/s1. The number of carboxylic acid groups (broad SMARTS) is 8. The minimum atomic E-state index is -1.54. The number of aromatic hydroxyl groups is 1. The van der Waals surface area contributed by atoms with Crippen LogP contribution in [-0.4, -0.2) is 251 Å². The first-order valence-corrected chi connectivity index (χ1v) is 34.0.